The average Bonchev–Trinajstić information content (AvgIpc) is 3.56. The maximum Gasteiger partial charge on any atom is 0.275 e. The van der Waals surface area contributed by atoms with E-state index < -0.39 is 0 Å². The molecule has 1 aliphatic heterocycles. The molecule has 1 amide bonds. The molecule has 2 aliphatic rings. The van der Waals surface area contributed by atoms with Crippen LogP contribution in [0, 0.1) is 5.82 Å². The molecule has 2 aromatic carbocycles. The molecule has 0 N–H and O–H groups in total. The summed E-state index contributed by atoms with van der Waals surface area (Å²) >= 11 is 1.66. The number of hydrogen-bond acceptors (Lipinski definition) is 4. The van der Waals surface area contributed by atoms with Crippen molar-refractivity contribution in [2.75, 3.05) is 6.54 Å². The number of carbonyl (C=O) groups is 1. The summed E-state index contributed by atoms with van der Waals surface area (Å²) in [6.45, 7) is 0.695. The van der Waals surface area contributed by atoms with Crippen LogP contribution in [0.3, 0.4) is 0 Å². The van der Waals surface area contributed by atoms with Crippen LogP contribution < -0.4 is 0 Å². The van der Waals surface area contributed by atoms with Crippen LogP contribution in [0.5, 0.6) is 0 Å². The van der Waals surface area contributed by atoms with E-state index in [0.29, 0.717) is 17.9 Å². The van der Waals surface area contributed by atoms with Crippen molar-refractivity contribution in [3.63, 3.8) is 0 Å². The van der Waals surface area contributed by atoms with Crippen LogP contribution in [0.2, 0.25) is 0 Å². The molecular weight excluding hydrogens is 411 g/mol. The Morgan fingerprint density at radius 3 is 2.77 bits per heavy atom. The normalized spacial score (nSPS) is 18.1. The van der Waals surface area contributed by atoms with Crippen molar-refractivity contribution < 1.29 is 9.18 Å². The molecule has 4 aromatic rings. The number of hydrogen-bond donors (Lipinski definition) is 0. The van der Waals surface area contributed by atoms with E-state index in [-0.39, 0.29) is 17.8 Å². The summed E-state index contributed by atoms with van der Waals surface area (Å²) in [5.74, 6) is -0.387. The molecule has 1 fully saturated rings. The quantitative estimate of drug-likeness (QED) is 0.453. The molecule has 0 radical (unpaired) electrons. The second kappa shape index (κ2) is 7.27. The first-order valence-corrected chi connectivity index (χ1v) is 11.5. The van der Waals surface area contributed by atoms with Gasteiger partial charge in [-0.15, -0.1) is 11.3 Å². The molecule has 1 aliphatic carbocycles. The number of fused-ring (bicyclic) bond motifs is 2. The highest BCUT2D eigenvalue weighted by Gasteiger charge is 2.37. The van der Waals surface area contributed by atoms with Crippen LogP contribution in [-0.4, -0.2) is 32.1 Å². The Kier molecular flexibility index (Phi) is 4.38. The molecule has 6 rings (SSSR count). The second-order valence-electron chi connectivity index (χ2n) is 8.17. The Morgan fingerprint density at radius 1 is 1.06 bits per heavy atom. The van der Waals surface area contributed by atoms with E-state index >= 15 is 0 Å². The zero-order chi connectivity index (χ0) is 20.9. The van der Waals surface area contributed by atoms with Gasteiger partial charge in [0.05, 0.1) is 16.3 Å². The maximum absolute atomic E-state index is 14.5. The molecule has 5 nitrogen and oxygen atoms in total. The third kappa shape index (κ3) is 2.98. The van der Waals surface area contributed by atoms with Gasteiger partial charge in [-0.05, 0) is 56.4 Å². The SMILES string of the molecule is O=C(c1nn(-c2ccccc2F)c2c1CCC2)N1CCCC1c1nc2ccccc2s1. The van der Waals surface area contributed by atoms with Crippen LogP contribution >= 0.6 is 11.3 Å². The van der Waals surface area contributed by atoms with E-state index in [2.05, 4.69) is 11.2 Å². The molecule has 1 saturated heterocycles. The van der Waals surface area contributed by atoms with Crippen molar-refractivity contribution in [1.29, 1.82) is 0 Å². The van der Waals surface area contributed by atoms with E-state index in [1.54, 1.807) is 34.2 Å². The predicted octanol–water partition coefficient (Wildman–Crippen LogP) is 5.09. The molecule has 3 heterocycles. The molecule has 31 heavy (non-hydrogen) atoms. The summed E-state index contributed by atoms with van der Waals surface area (Å²) in [6, 6.07) is 14.7. The Balaban J connectivity index is 1.39. The zero-order valence-corrected chi connectivity index (χ0v) is 17.7. The van der Waals surface area contributed by atoms with Gasteiger partial charge in [-0.2, -0.15) is 5.10 Å². The molecule has 1 atom stereocenters. The first kappa shape index (κ1) is 18.7. The van der Waals surface area contributed by atoms with Crippen LogP contribution in [0.25, 0.3) is 15.9 Å². The van der Waals surface area contributed by atoms with Crippen molar-refractivity contribution in [2.24, 2.45) is 0 Å². The van der Waals surface area contributed by atoms with Gasteiger partial charge < -0.3 is 4.90 Å². The second-order valence-corrected chi connectivity index (χ2v) is 9.23. The van der Waals surface area contributed by atoms with E-state index in [1.807, 2.05) is 23.1 Å². The third-order valence-electron chi connectivity index (χ3n) is 6.32. The van der Waals surface area contributed by atoms with Crippen LogP contribution in [0.1, 0.15) is 52.1 Å². The highest BCUT2D eigenvalue weighted by molar-refractivity contribution is 7.18. The minimum Gasteiger partial charge on any atom is -0.328 e. The summed E-state index contributed by atoms with van der Waals surface area (Å²) in [6.07, 6.45) is 4.43. The molecule has 0 saturated carbocycles. The number of rotatable bonds is 3. The largest absolute Gasteiger partial charge is 0.328 e. The minimum atomic E-state index is -0.327. The Bertz CT molecular complexity index is 1280. The van der Waals surface area contributed by atoms with Crippen molar-refractivity contribution in [3.8, 4) is 5.69 Å². The summed E-state index contributed by atoms with van der Waals surface area (Å²) in [5, 5.41) is 5.63. The highest BCUT2D eigenvalue weighted by Crippen LogP contribution is 2.38. The van der Waals surface area contributed by atoms with Crippen molar-refractivity contribution in [1.82, 2.24) is 19.7 Å². The fraction of sp³-hybridized carbons (Fsp3) is 0.292. The van der Waals surface area contributed by atoms with Crippen molar-refractivity contribution in [3.05, 3.63) is 76.3 Å². The van der Waals surface area contributed by atoms with Gasteiger partial charge in [0.1, 0.15) is 16.5 Å². The average molecular weight is 433 g/mol. The van der Waals surface area contributed by atoms with Crippen LogP contribution in [0.15, 0.2) is 48.5 Å². The summed E-state index contributed by atoms with van der Waals surface area (Å²) in [7, 11) is 0. The Labute approximate surface area is 183 Å². The van der Waals surface area contributed by atoms with E-state index in [0.717, 1.165) is 58.6 Å². The molecule has 1 unspecified atom stereocenters. The number of nitrogens with zero attached hydrogens (tertiary/aromatic N) is 4. The number of thiazole rings is 1. The lowest BCUT2D eigenvalue weighted by atomic mass is 10.1. The van der Waals surface area contributed by atoms with E-state index in [9.17, 15) is 9.18 Å². The number of likely N-dealkylation sites (tertiary alicyclic amines) is 1. The molecule has 0 bridgehead atoms. The standard InChI is InChI=1S/C24H21FN4OS/c25-16-8-1-3-10-19(16)29-18-11-5-7-15(18)22(27-29)24(30)28-14-6-12-20(28)23-26-17-9-2-4-13-21(17)31-23/h1-4,8-10,13,20H,5-7,11-12,14H2. The number of para-hydroxylation sites is 2. The topological polar surface area (TPSA) is 51.0 Å². The van der Waals surface area contributed by atoms with Crippen LogP contribution in [0.4, 0.5) is 4.39 Å². The van der Waals surface area contributed by atoms with Gasteiger partial charge in [-0.1, -0.05) is 24.3 Å². The first-order valence-electron chi connectivity index (χ1n) is 10.7. The summed E-state index contributed by atoms with van der Waals surface area (Å²) in [5.41, 5.74) is 3.80. The number of amides is 1. The maximum atomic E-state index is 14.5. The fourth-order valence-electron chi connectivity index (χ4n) is 4.87. The van der Waals surface area contributed by atoms with Gasteiger partial charge in [-0.25, -0.2) is 14.1 Å². The smallest absolute Gasteiger partial charge is 0.275 e. The lowest BCUT2D eigenvalue weighted by Gasteiger charge is -2.22. The third-order valence-corrected chi connectivity index (χ3v) is 7.46. The Hall–Kier alpha value is -3.06. The van der Waals surface area contributed by atoms with Crippen LogP contribution in [-0.2, 0) is 12.8 Å². The van der Waals surface area contributed by atoms with Crippen molar-refractivity contribution in [2.45, 2.75) is 38.1 Å². The molecule has 2 aromatic heterocycles. The van der Waals surface area contributed by atoms with Gasteiger partial charge in [-0.3, -0.25) is 4.79 Å². The van der Waals surface area contributed by atoms with Crippen molar-refractivity contribution >= 4 is 27.5 Å². The lowest BCUT2D eigenvalue weighted by molar-refractivity contribution is 0.0728. The highest BCUT2D eigenvalue weighted by atomic mass is 32.1. The predicted molar refractivity (Wildman–Crippen MR) is 118 cm³/mol. The van der Waals surface area contributed by atoms with Gasteiger partial charge in [0, 0.05) is 17.8 Å². The Morgan fingerprint density at radius 2 is 1.90 bits per heavy atom. The van der Waals surface area contributed by atoms with E-state index in [4.69, 9.17) is 4.98 Å². The number of carbonyl (C=O) groups excluding carboxylic acids is 1. The van der Waals surface area contributed by atoms with Gasteiger partial charge in [0.2, 0.25) is 0 Å². The first-order chi connectivity index (χ1) is 15.2. The minimum absolute atomic E-state index is 0.0273. The van der Waals surface area contributed by atoms with Gasteiger partial charge >= 0.3 is 0 Å². The summed E-state index contributed by atoms with van der Waals surface area (Å²) in [4.78, 5) is 20.4. The number of benzene rings is 2. The van der Waals surface area contributed by atoms with Gasteiger partial charge in [0.15, 0.2) is 5.69 Å². The molecular formula is C24H21FN4OS. The van der Waals surface area contributed by atoms with E-state index in [1.165, 1.54) is 6.07 Å². The molecule has 156 valence electrons. The van der Waals surface area contributed by atoms with Gasteiger partial charge in [0.25, 0.3) is 5.91 Å². The number of aromatic nitrogens is 3. The fourth-order valence-corrected chi connectivity index (χ4v) is 5.98. The zero-order valence-electron chi connectivity index (χ0n) is 16.9. The molecule has 7 heteroatoms. The lowest BCUT2D eigenvalue weighted by Crippen LogP contribution is -2.31. The monoisotopic (exact) mass is 432 g/mol. The summed E-state index contributed by atoms with van der Waals surface area (Å²) < 4.78 is 17.3. The molecule has 0 spiro atoms. The number of halogens is 1.